The highest BCUT2D eigenvalue weighted by Crippen LogP contribution is 2.24. The monoisotopic (exact) mass is 339 g/mol. The van der Waals surface area contributed by atoms with Gasteiger partial charge < -0.3 is 4.74 Å². The van der Waals surface area contributed by atoms with E-state index in [0.717, 1.165) is 0 Å². The summed E-state index contributed by atoms with van der Waals surface area (Å²) in [4.78, 5) is 23.3. The molecule has 2 rings (SSSR count). The van der Waals surface area contributed by atoms with Gasteiger partial charge in [-0.3, -0.25) is 9.59 Å². The summed E-state index contributed by atoms with van der Waals surface area (Å²) in [5, 5.41) is 0. The molecule has 1 heterocycles. The Morgan fingerprint density at radius 2 is 1.91 bits per heavy atom. The average Bonchev–Trinajstić information content (AvgIpc) is 2.55. The second kappa shape index (κ2) is 7.23. The smallest absolute Gasteiger partial charge is 0.310 e. The summed E-state index contributed by atoms with van der Waals surface area (Å²) in [7, 11) is -3.67. The van der Waals surface area contributed by atoms with Crippen molar-refractivity contribution in [3.8, 4) is 0 Å². The molecule has 0 amide bonds. The lowest BCUT2D eigenvalue weighted by molar-refractivity contribution is -0.149. The molecule has 6 nitrogen and oxygen atoms in total. The van der Waals surface area contributed by atoms with Gasteiger partial charge in [0.1, 0.15) is 0 Å². The predicted molar refractivity (Wildman–Crippen MR) is 84.6 cm³/mol. The number of ether oxygens (including phenoxy) is 1. The summed E-state index contributed by atoms with van der Waals surface area (Å²) in [6.07, 6.45) is 1.25. The van der Waals surface area contributed by atoms with Crippen LogP contribution in [0.5, 0.6) is 0 Å². The Kier molecular flexibility index (Phi) is 5.54. The molecule has 0 spiro atoms. The number of hydrogen-bond acceptors (Lipinski definition) is 5. The number of hydrogen-bond donors (Lipinski definition) is 0. The van der Waals surface area contributed by atoms with Gasteiger partial charge in [-0.15, -0.1) is 0 Å². The summed E-state index contributed by atoms with van der Waals surface area (Å²) in [6.45, 7) is 3.96. The molecule has 0 bridgehead atoms. The molecule has 1 aromatic carbocycles. The van der Waals surface area contributed by atoms with E-state index < -0.39 is 15.9 Å². The molecule has 0 aromatic heterocycles. The number of benzene rings is 1. The van der Waals surface area contributed by atoms with E-state index in [4.69, 9.17) is 4.74 Å². The molecule has 0 aliphatic carbocycles. The fraction of sp³-hybridized carbons (Fsp3) is 0.500. The van der Waals surface area contributed by atoms with E-state index in [0.29, 0.717) is 24.9 Å². The molecule has 0 radical (unpaired) electrons. The number of carbonyl (C=O) groups is 2. The predicted octanol–water partition coefficient (Wildman–Crippen LogP) is 1.85. The Balaban J connectivity index is 2.18. The normalized spacial score (nSPS) is 19.3. The zero-order valence-corrected chi connectivity index (χ0v) is 14.1. The minimum absolute atomic E-state index is 0.116. The average molecular weight is 339 g/mol. The van der Waals surface area contributed by atoms with E-state index in [1.807, 2.05) is 0 Å². The maximum absolute atomic E-state index is 12.7. The first-order valence-corrected chi connectivity index (χ1v) is 9.08. The Hall–Kier alpha value is -1.73. The van der Waals surface area contributed by atoms with Crippen molar-refractivity contribution in [3.05, 3.63) is 29.8 Å². The minimum atomic E-state index is -3.67. The molecule has 23 heavy (non-hydrogen) atoms. The quantitative estimate of drug-likeness (QED) is 0.604. The van der Waals surface area contributed by atoms with Crippen molar-refractivity contribution in [3.63, 3.8) is 0 Å². The second-order valence-electron chi connectivity index (χ2n) is 5.53. The number of sulfonamides is 1. The van der Waals surface area contributed by atoms with Crippen LogP contribution in [0.4, 0.5) is 0 Å². The van der Waals surface area contributed by atoms with Crippen LogP contribution in [0.15, 0.2) is 29.2 Å². The Morgan fingerprint density at radius 1 is 1.26 bits per heavy atom. The van der Waals surface area contributed by atoms with Gasteiger partial charge in [0.15, 0.2) is 5.78 Å². The number of esters is 1. The van der Waals surface area contributed by atoms with Crippen molar-refractivity contribution < 1.29 is 22.7 Å². The number of piperidine rings is 1. The number of nitrogens with zero attached hydrogens (tertiary/aromatic N) is 1. The van der Waals surface area contributed by atoms with Gasteiger partial charge in [-0.2, -0.15) is 4.31 Å². The van der Waals surface area contributed by atoms with E-state index in [1.54, 1.807) is 6.92 Å². The summed E-state index contributed by atoms with van der Waals surface area (Å²) in [5.41, 5.74) is 0.465. The van der Waals surface area contributed by atoms with Gasteiger partial charge in [-0.1, -0.05) is 12.1 Å². The molecule has 0 unspecified atom stereocenters. The standard InChI is InChI=1S/C16H21NO5S/c1-3-22-16(19)14-5-4-10-17(11-14)23(20,21)15-8-6-13(7-9-15)12(2)18/h6-9,14H,3-5,10-11H2,1-2H3/t14-/m1/s1. The van der Waals surface area contributed by atoms with Crippen LogP contribution < -0.4 is 0 Å². The lowest BCUT2D eigenvalue weighted by Gasteiger charge is -2.30. The summed E-state index contributed by atoms with van der Waals surface area (Å²) in [6, 6.07) is 5.87. The lowest BCUT2D eigenvalue weighted by atomic mass is 10.0. The first-order valence-electron chi connectivity index (χ1n) is 7.64. The minimum Gasteiger partial charge on any atom is -0.466 e. The second-order valence-corrected chi connectivity index (χ2v) is 7.47. The van der Waals surface area contributed by atoms with Gasteiger partial charge in [0, 0.05) is 18.7 Å². The highest BCUT2D eigenvalue weighted by Gasteiger charge is 2.33. The van der Waals surface area contributed by atoms with Crippen LogP contribution in [0.2, 0.25) is 0 Å². The largest absolute Gasteiger partial charge is 0.466 e. The Labute approximate surface area is 136 Å². The summed E-state index contributed by atoms with van der Waals surface area (Å²) in [5.74, 6) is -0.886. The van der Waals surface area contributed by atoms with Gasteiger partial charge in [0.25, 0.3) is 0 Å². The molecule has 1 aliphatic heterocycles. The van der Waals surface area contributed by atoms with Crippen molar-refractivity contribution in [2.45, 2.75) is 31.6 Å². The molecule has 0 N–H and O–H groups in total. The number of Topliss-reactive ketones (excluding diaryl/α,β-unsaturated/α-hetero) is 1. The van der Waals surface area contributed by atoms with Crippen LogP contribution in [0, 0.1) is 5.92 Å². The van der Waals surface area contributed by atoms with Crippen LogP contribution in [-0.4, -0.2) is 44.2 Å². The Bertz CT molecular complexity index is 681. The molecule has 7 heteroatoms. The van der Waals surface area contributed by atoms with E-state index in [9.17, 15) is 18.0 Å². The van der Waals surface area contributed by atoms with Gasteiger partial charge in [-0.05, 0) is 38.8 Å². The summed E-state index contributed by atoms with van der Waals surface area (Å²) >= 11 is 0. The SMILES string of the molecule is CCOC(=O)[C@@H]1CCCN(S(=O)(=O)c2ccc(C(C)=O)cc2)C1. The first kappa shape index (κ1) is 17.6. The Morgan fingerprint density at radius 3 is 2.48 bits per heavy atom. The highest BCUT2D eigenvalue weighted by atomic mass is 32.2. The molecular weight excluding hydrogens is 318 g/mol. The summed E-state index contributed by atoms with van der Waals surface area (Å²) < 4.78 is 31.7. The maximum atomic E-state index is 12.7. The van der Waals surface area contributed by atoms with Crippen molar-refractivity contribution in [2.75, 3.05) is 19.7 Å². The third-order valence-corrected chi connectivity index (χ3v) is 5.78. The first-order chi connectivity index (χ1) is 10.9. The third kappa shape index (κ3) is 3.97. The topological polar surface area (TPSA) is 80.8 Å². The van der Waals surface area contributed by atoms with Crippen LogP contribution >= 0.6 is 0 Å². The van der Waals surface area contributed by atoms with Gasteiger partial charge in [0.05, 0.1) is 17.4 Å². The molecule has 126 valence electrons. The van der Waals surface area contributed by atoms with Gasteiger partial charge >= 0.3 is 5.97 Å². The third-order valence-electron chi connectivity index (χ3n) is 3.90. The van der Waals surface area contributed by atoms with Crippen LogP contribution in [0.25, 0.3) is 0 Å². The van der Waals surface area contributed by atoms with Crippen molar-refractivity contribution in [1.29, 1.82) is 0 Å². The number of ketones is 1. The lowest BCUT2D eigenvalue weighted by Crippen LogP contribution is -2.42. The van der Waals surface area contributed by atoms with Crippen LogP contribution in [0.1, 0.15) is 37.0 Å². The zero-order valence-electron chi connectivity index (χ0n) is 13.3. The molecular formula is C16H21NO5S. The molecule has 1 saturated heterocycles. The van der Waals surface area contributed by atoms with Gasteiger partial charge in [0.2, 0.25) is 10.0 Å². The fourth-order valence-corrected chi connectivity index (χ4v) is 4.15. The van der Waals surface area contributed by atoms with Crippen molar-refractivity contribution >= 4 is 21.8 Å². The zero-order chi connectivity index (χ0) is 17.0. The van der Waals surface area contributed by atoms with Crippen LogP contribution in [0.3, 0.4) is 0 Å². The fourth-order valence-electron chi connectivity index (χ4n) is 2.62. The highest BCUT2D eigenvalue weighted by molar-refractivity contribution is 7.89. The van der Waals surface area contributed by atoms with E-state index in [2.05, 4.69) is 0 Å². The van der Waals surface area contributed by atoms with E-state index in [-0.39, 0.29) is 29.8 Å². The van der Waals surface area contributed by atoms with Crippen LogP contribution in [-0.2, 0) is 19.6 Å². The number of carbonyl (C=O) groups excluding carboxylic acids is 2. The van der Waals surface area contributed by atoms with Crippen molar-refractivity contribution in [2.24, 2.45) is 5.92 Å². The van der Waals surface area contributed by atoms with E-state index >= 15 is 0 Å². The molecule has 0 saturated carbocycles. The van der Waals surface area contributed by atoms with Crippen molar-refractivity contribution in [1.82, 2.24) is 4.31 Å². The molecule has 1 fully saturated rings. The van der Waals surface area contributed by atoms with Gasteiger partial charge in [-0.25, -0.2) is 8.42 Å². The molecule has 1 aromatic rings. The maximum Gasteiger partial charge on any atom is 0.310 e. The molecule has 1 aliphatic rings. The number of rotatable bonds is 5. The van der Waals surface area contributed by atoms with E-state index in [1.165, 1.54) is 35.5 Å². The molecule has 1 atom stereocenters.